The van der Waals surface area contributed by atoms with Crippen molar-refractivity contribution in [3.63, 3.8) is 0 Å². The molecule has 29 heavy (non-hydrogen) atoms. The second kappa shape index (κ2) is 12.8. The van der Waals surface area contributed by atoms with E-state index in [0.29, 0.717) is 18.6 Å². The molecule has 1 aliphatic heterocycles. The molecule has 1 saturated heterocycles. The van der Waals surface area contributed by atoms with Crippen LogP contribution in [0.1, 0.15) is 24.0 Å². The molecule has 0 aromatic heterocycles. The van der Waals surface area contributed by atoms with E-state index >= 15 is 0 Å². The fraction of sp³-hybridized carbons (Fsp3) is 0.455. The largest absolute Gasteiger partial charge is 0.496 e. The summed E-state index contributed by atoms with van der Waals surface area (Å²) in [7, 11) is 5.50. The third kappa shape index (κ3) is 8.10. The van der Waals surface area contributed by atoms with Gasteiger partial charge in [0.15, 0.2) is 0 Å². The molecule has 0 spiro atoms. The van der Waals surface area contributed by atoms with Gasteiger partial charge in [0, 0.05) is 33.2 Å². The molecule has 7 heteroatoms. The number of piperidine rings is 1. The number of methoxy groups -OCH3 is 2. The minimum absolute atomic E-state index is 0.380. The minimum atomic E-state index is 0.380. The van der Waals surface area contributed by atoms with Crippen molar-refractivity contribution in [2.75, 3.05) is 34.4 Å². The zero-order chi connectivity index (χ0) is 21.2. The Hall–Kier alpha value is -0.790. The highest BCUT2D eigenvalue weighted by Crippen LogP contribution is 2.25. The highest BCUT2D eigenvalue weighted by atomic mass is 79.9. The highest BCUT2D eigenvalue weighted by molar-refractivity contribution is 9.10. The first-order valence-corrected chi connectivity index (χ1v) is 11.6. The molecule has 160 valence electrons. The number of ether oxygens (including phenoxy) is 3. The van der Waals surface area contributed by atoms with Gasteiger partial charge in [0.1, 0.15) is 11.5 Å². The monoisotopic (exact) mass is 547 g/mol. The van der Waals surface area contributed by atoms with Gasteiger partial charge in [-0.05, 0) is 56.3 Å². The number of hydrogen-bond donors (Lipinski definition) is 0. The van der Waals surface area contributed by atoms with Crippen LogP contribution in [0.4, 0.5) is 0 Å². The van der Waals surface area contributed by atoms with Crippen molar-refractivity contribution in [3.05, 3.63) is 56.5 Å². The molecular formula is C22H28Br2ClNO3. The number of rotatable bonds is 6. The van der Waals surface area contributed by atoms with Crippen LogP contribution in [0.25, 0.3) is 0 Å². The summed E-state index contributed by atoms with van der Waals surface area (Å²) in [5.41, 5.74) is 2.11. The van der Waals surface area contributed by atoms with Gasteiger partial charge in [0.05, 0.1) is 32.8 Å². The van der Waals surface area contributed by atoms with Gasteiger partial charge >= 0.3 is 0 Å². The fourth-order valence-electron chi connectivity index (χ4n) is 3.07. The van der Waals surface area contributed by atoms with Gasteiger partial charge in [0.2, 0.25) is 0 Å². The van der Waals surface area contributed by atoms with Crippen molar-refractivity contribution >= 4 is 43.5 Å². The molecule has 1 aliphatic rings. The van der Waals surface area contributed by atoms with Crippen molar-refractivity contribution in [1.82, 2.24) is 4.90 Å². The maximum absolute atomic E-state index is 5.99. The Bertz CT molecular complexity index is 768. The Morgan fingerprint density at radius 3 is 1.97 bits per heavy atom. The standard InChI is InChI=1S/C14H20BrNO2.C8H8BrClO/c1-16-7-5-13(6-8-16)18-10-11-9-12(15)3-4-14(11)17-2;1-11-8-3-2-7(9)4-6(8)5-10/h3-4,9,13H,5-8,10H2,1-2H3;2-4H,5H2,1H3. The highest BCUT2D eigenvalue weighted by Gasteiger charge is 2.17. The van der Waals surface area contributed by atoms with Crippen LogP contribution in [0.15, 0.2) is 45.3 Å². The van der Waals surface area contributed by atoms with Crippen molar-refractivity contribution in [2.45, 2.75) is 31.4 Å². The molecule has 0 atom stereocenters. The van der Waals surface area contributed by atoms with Gasteiger partial charge in [-0.15, -0.1) is 11.6 Å². The molecule has 2 aromatic rings. The molecule has 2 aromatic carbocycles. The van der Waals surface area contributed by atoms with Gasteiger partial charge in [0.25, 0.3) is 0 Å². The summed E-state index contributed by atoms with van der Waals surface area (Å²) in [4.78, 5) is 2.35. The molecule has 1 heterocycles. The molecule has 3 rings (SSSR count). The van der Waals surface area contributed by atoms with Crippen LogP contribution >= 0.6 is 43.5 Å². The molecule has 0 saturated carbocycles. The maximum Gasteiger partial charge on any atom is 0.124 e. The van der Waals surface area contributed by atoms with E-state index in [9.17, 15) is 0 Å². The van der Waals surface area contributed by atoms with E-state index in [4.69, 9.17) is 25.8 Å². The Kier molecular flexibility index (Phi) is 10.8. The first kappa shape index (κ1) is 24.5. The normalized spacial score (nSPS) is 14.8. The molecule has 0 unspecified atom stereocenters. The fourth-order valence-corrected chi connectivity index (χ4v) is 4.10. The van der Waals surface area contributed by atoms with Crippen molar-refractivity contribution in [3.8, 4) is 11.5 Å². The lowest BCUT2D eigenvalue weighted by molar-refractivity contribution is 0.00144. The van der Waals surface area contributed by atoms with Gasteiger partial charge in [-0.2, -0.15) is 0 Å². The zero-order valence-corrected chi connectivity index (χ0v) is 21.0. The van der Waals surface area contributed by atoms with Crippen molar-refractivity contribution in [1.29, 1.82) is 0 Å². The van der Waals surface area contributed by atoms with Crippen LogP contribution in [0.3, 0.4) is 0 Å². The molecular weight excluding hydrogens is 522 g/mol. The number of nitrogens with zero attached hydrogens (tertiary/aromatic N) is 1. The number of benzene rings is 2. The van der Waals surface area contributed by atoms with Crippen molar-refractivity contribution < 1.29 is 14.2 Å². The Balaban J connectivity index is 0.000000234. The SMILES string of the molecule is COc1ccc(Br)cc1CCl.COc1ccc(Br)cc1COC1CCN(C)CC1. The summed E-state index contributed by atoms with van der Waals surface area (Å²) in [6.07, 6.45) is 2.62. The Labute approximate surface area is 195 Å². The number of alkyl halides is 1. The molecule has 0 bridgehead atoms. The van der Waals surface area contributed by atoms with Gasteiger partial charge in [-0.1, -0.05) is 31.9 Å². The number of likely N-dealkylation sites (tertiary alicyclic amines) is 1. The zero-order valence-electron chi connectivity index (χ0n) is 17.1. The van der Waals surface area contributed by atoms with E-state index in [1.807, 2.05) is 30.3 Å². The average Bonchev–Trinajstić information content (AvgIpc) is 2.74. The molecule has 0 aliphatic carbocycles. The second-order valence-corrected chi connectivity index (χ2v) is 8.96. The first-order valence-electron chi connectivity index (χ1n) is 9.47. The maximum atomic E-state index is 5.99. The summed E-state index contributed by atoms with van der Waals surface area (Å²) in [5, 5.41) is 0. The topological polar surface area (TPSA) is 30.9 Å². The Morgan fingerprint density at radius 2 is 1.45 bits per heavy atom. The molecule has 0 radical (unpaired) electrons. The van der Waals surface area contributed by atoms with Crippen LogP contribution in [-0.2, 0) is 17.2 Å². The number of hydrogen-bond acceptors (Lipinski definition) is 4. The smallest absolute Gasteiger partial charge is 0.124 e. The third-order valence-corrected chi connectivity index (χ3v) is 6.04. The average molecular weight is 550 g/mol. The molecule has 0 amide bonds. The number of halogens is 3. The summed E-state index contributed by atoms with van der Waals surface area (Å²) >= 11 is 12.5. The third-order valence-electron chi connectivity index (χ3n) is 4.77. The Morgan fingerprint density at radius 1 is 0.931 bits per heavy atom. The summed E-state index contributed by atoms with van der Waals surface area (Å²) in [6.45, 7) is 2.87. The van der Waals surface area contributed by atoms with E-state index in [-0.39, 0.29) is 0 Å². The van der Waals surface area contributed by atoms with Crippen LogP contribution in [-0.4, -0.2) is 45.4 Å². The van der Waals surface area contributed by atoms with Crippen LogP contribution in [0.2, 0.25) is 0 Å². The first-order chi connectivity index (χ1) is 14.0. The second-order valence-electron chi connectivity index (χ2n) is 6.86. The van der Waals surface area contributed by atoms with Gasteiger partial charge in [-0.25, -0.2) is 0 Å². The van der Waals surface area contributed by atoms with Crippen molar-refractivity contribution in [2.24, 2.45) is 0 Å². The predicted molar refractivity (Wildman–Crippen MR) is 126 cm³/mol. The predicted octanol–water partition coefficient (Wildman–Crippen LogP) is 6.27. The lowest BCUT2D eigenvalue weighted by atomic mass is 10.1. The lowest BCUT2D eigenvalue weighted by Gasteiger charge is -2.29. The summed E-state index contributed by atoms with van der Waals surface area (Å²) < 4.78 is 18.5. The lowest BCUT2D eigenvalue weighted by Crippen LogP contribution is -2.34. The van der Waals surface area contributed by atoms with Crippen LogP contribution in [0, 0.1) is 0 Å². The quantitative estimate of drug-likeness (QED) is 0.398. The van der Waals surface area contributed by atoms with E-state index in [1.165, 1.54) is 0 Å². The van der Waals surface area contributed by atoms with Gasteiger partial charge < -0.3 is 19.1 Å². The van der Waals surface area contributed by atoms with E-state index in [0.717, 1.165) is 57.5 Å². The van der Waals surface area contributed by atoms with E-state index < -0.39 is 0 Å². The minimum Gasteiger partial charge on any atom is -0.496 e. The van der Waals surface area contributed by atoms with E-state index in [1.54, 1.807) is 14.2 Å². The summed E-state index contributed by atoms with van der Waals surface area (Å²) in [6, 6.07) is 11.8. The molecule has 0 N–H and O–H groups in total. The van der Waals surface area contributed by atoms with Crippen LogP contribution in [0.5, 0.6) is 11.5 Å². The van der Waals surface area contributed by atoms with E-state index in [2.05, 4.69) is 49.9 Å². The van der Waals surface area contributed by atoms with Gasteiger partial charge in [-0.3, -0.25) is 0 Å². The molecule has 4 nitrogen and oxygen atoms in total. The van der Waals surface area contributed by atoms with Crippen LogP contribution < -0.4 is 9.47 Å². The molecule has 1 fully saturated rings. The summed E-state index contributed by atoms with van der Waals surface area (Å²) in [5.74, 6) is 2.21.